The monoisotopic (exact) mass is 558 g/mol. The fraction of sp³-hybridized carbons (Fsp3) is 0.735. The van der Waals surface area contributed by atoms with Gasteiger partial charge < -0.3 is 4.74 Å². The molecule has 0 aromatic heterocycles. The van der Waals surface area contributed by atoms with Gasteiger partial charge in [-0.05, 0) is 109 Å². The maximum atomic E-state index is 12.8. The third-order valence-electron chi connectivity index (χ3n) is 11.7. The lowest BCUT2D eigenvalue weighted by Gasteiger charge is -2.58. The third-order valence-corrected chi connectivity index (χ3v) is 12.4. The van der Waals surface area contributed by atoms with E-state index in [1.54, 1.807) is 23.8 Å². The summed E-state index contributed by atoms with van der Waals surface area (Å²) in [5.74, 6) is 4.76. The molecule has 0 saturated heterocycles. The second-order valence-electron chi connectivity index (χ2n) is 14.2. The molecule has 1 aromatic rings. The van der Waals surface area contributed by atoms with Crippen molar-refractivity contribution < 1.29 is 9.53 Å². The molecule has 38 heavy (non-hydrogen) atoms. The van der Waals surface area contributed by atoms with Crippen LogP contribution in [-0.2, 0) is 4.74 Å². The molecule has 1 aromatic carbocycles. The van der Waals surface area contributed by atoms with Gasteiger partial charge >= 0.3 is 5.97 Å². The van der Waals surface area contributed by atoms with Gasteiger partial charge in [0, 0.05) is 6.42 Å². The first kappa shape index (κ1) is 28.5. The largest absolute Gasteiger partial charge is 0.458 e. The van der Waals surface area contributed by atoms with Crippen molar-refractivity contribution in [2.24, 2.45) is 46.3 Å². The molecule has 4 aliphatic rings. The second kappa shape index (κ2) is 11.1. The van der Waals surface area contributed by atoms with E-state index < -0.39 is 0 Å². The maximum Gasteiger partial charge on any atom is 0.338 e. The van der Waals surface area contributed by atoms with Crippen molar-refractivity contribution in [1.29, 1.82) is 0 Å². The molecular formula is C34H48Cl2O2. The molecule has 5 rings (SSSR count). The maximum absolute atomic E-state index is 12.8. The minimum Gasteiger partial charge on any atom is -0.458 e. The van der Waals surface area contributed by atoms with Gasteiger partial charge in [0.2, 0.25) is 0 Å². The van der Waals surface area contributed by atoms with Gasteiger partial charge in [-0.1, -0.05) is 88.7 Å². The van der Waals surface area contributed by atoms with Crippen molar-refractivity contribution >= 4 is 29.2 Å². The van der Waals surface area contributed by atoms with Crippen LogP contribution in [0.2, 0.25) is 10.0 Å². The number of allylic oxidation sites excluding steroid dienone is 1. The minimum atomic E-state index is -0.292. The summed E-state index contributed by atoms with van der Waals surface area (Å²) in [5.41, 5.74) is 2.81. The van der Waals surface area contributed by atoms with Crippen LogP contribution in [-0.4, -0.2) is 12.1 Å². The van der Waals surface area contributed by atoms with Crippen LogP contribution < -0.4 is 0 Å². The van der Waals surface area contributed by atoms with E-state index in [0.717, 1.165) is 54.8 Å². The molecule has 8 atom stereocenters. The van der Waals surface area contributed by atoms with E-state index in [1.165, 1.54) is 51.4 Å². The molecule has 3 fully saturated rings. The van der Waals surface area contributed by atoms with Crippen LogP contribution in [0.3, 0.4) is 0 Å². The molecule has 8 unspecified atom stereocenters. The number of hydrogen-bond donors (Lipinski definition) is 0. The number of halogens is 2. The van der Waals surface area contributed by atoms with Crippen molar-refractivity contribution in [2.45, 2.75) is 111 Å². The van der Waals surface area contributed by atoms with E-state index >= 15 is 0 Å². The van der Waals surface area contributed by atoms with Crippen LogP contribution in [0.25, 0.3) is 0 Å². The Morgan fingerprint density at radius 1 is 1.00 bits per heavy atom. The SMILES string of the molecule is CC(C)CCCC(C)C1CCC2C3CC=C4CC(OC(=O)c5ccc(Cl)c(Cl)c5)CCC4(C)C3CCC12C. The smallest absolute Gasteiger partial charge is 0.338 e. The van der Waals surface area contributed by atoms with E-state index in [-0.39, 0.29) is 17.5 Å². The predicted molar refractivity (Wildman–Crippen MR) is 159 cm³/mol. The number of hydrogen-bond acceptors (Lipinski definition) is 2. The van der Waals surface area contributed by atoms with E-state index in [1.807, 2.05) is 0 Å². The third kappa shape index (κ3) is 5.23. The number of rotatable bonds is 7. The van der Waals surface area contributed by atoms with Crippen molar-refractivity contribution in [2.75, 3.05) is 0 Å². The first-order valence-electron chi connectivity index (χ1n) is 15.4. The van der Waals surface area contributed by atoms with Crippen molar-refractivity contribution in [3.8, 4) is 0 Å². The number of esters is 1. The Hall–Kier alpha value is -0.990. The molecule has 0 radical (unpaired) electrons. The molecular weight excluding hydrogens is 511 g/mol. The van der Waals surface area contributed by atoms with Crippen LogP contribution in [0.15, 0.2) is 29.8 Å². The lowest BCUT2D eigenvalue weighted by atomic mass is 9.47. The zero-order valence-electron chi connectivity index (χ0n) is 24.2. The molecule has 0 bridgehead atoms. The lowest BCUT2D eigenvalue weighted by molar-refractivity contribution is -0.0594. The highest BCUT2D eigenvalue weighted by molar-refractivity contribution is 6.42. The molecule has 3 saturated carbocycles. The zero-order valence-corrected chi connectivity index (χ0v) is 25.7. The normalized spacial score (nSPS) is 37.2. The van der Waals surface area contributed by atoms with Crippen LogP contribution in [0, 0.1) is 46.3 Å². The summed E-state index contributed by atoms with van der Waals surface area (Å²) >= 11 is 12.2. The topological polar surface area (TPSA) is 26.3 Å². The van der Waals surface area contributed by atoms with Gasteiger partial charge in [0.05, 0.1) is 15.6 Å². The fourth-order valence-corrected chi connectivity index (χ4v) is 9.89. The molecule has 0 aliphatic heterocycles. The quantitative estimate of drug-likeness (QED) is 0.245. The van der Waals surface area contributed by atoms with E-state index in [9.17, 15) is 4.79 Å². The Kier molecular flexibility index (Phi) is 8.35. The van der Waals surface area contributed by atoms with Crippen LogP contribution in [0.1, 0.15) is 116 Å². The van der Waals surface area contributed by atoms with Crippen molar-refractivity contribution in [3.63, 3.8) is 0 Å². The summed E-state index contributed by atoms with van der Waals surface area (Å²) in [4.78, 5) is 12.8. The summed E-state index contributed by atoms with van der Waals surface area (Å²) < 4.78 is 5.99. The molecule has 0 heterocycles. The highest BCUT2D eigenvalue weighted by atomic mass is 35.5. The van der Waals surface area contributed by atoms with Gasteiger partial charge in [0.15, 0.2) is 0 Å². The first-order chi connectivity index (χ1) is 18.0. The Morgan fingerprint density at radius 3 is 2.53 bits per heavy atom. The number of fused-ring (bicyclic) bond motifs is 5. The van der Waals surface area contributed by atoms with Gasteiger partial charge in [-0.25, -0.2) is 4.79 Å². The van der Waals surface area contributed by atoms with E-state index in [2.05, 4.69) is 40.7 Å². The molecule has 0 amide bonds. The fourth-order valence-electron chi connectivity index (χ4n) is 9.60. The lowest BCUT2D eigenvalue weighted by Crippen LogP contribution is -2.51. The van der Waals surface area contributed by atoms with Crippen LogP contribution >= 0.6 is 23.2 Å². The average molecular weight is 560 g/mol. The standard InChI is InChI=1S/C34H48Cl2O2/c1-21(2)7-6-8-22(3)27-12-13-28-26-11-10-24-20-25(38-32(37)23-9-14-30(35)31(36)19-23)15-17-33(24,4)29(26)16-18-34(27,28)5/h9-10,14,19,21-22,25-29H,6-8,11-13,15-18,20H2,1-5H3. The number of carbonyl (C=O) groups is 1. The van der Waals surface area contributed by atoms with Gasteiger partial charge in [-0.2, -0.15) is 0 Å². The zero-order chi connectivity index (χ0) is 27.2. The first-order valence-corrected chi connectivity index (χ1v) is 16.1. The second-order valence-corrected chi connectivity index (χ2v) is 15.0. The molecule has 4 heteroatoms. The molecule has 0 spiro atoms. The molecule has 4 aliphatic carbocycles. The number of ether oxygens (including phenoxy) is 1. The summed E-state index contributed by atoms with van der Waals surface area (Å²) in [7, 11) is 0. The van der Waals surface area contributed by atoms with Crippen molar-refractivity contribution in [3.05, 3.63) is 45.5 Å². The van der Waals surface area contributed by atoms with Crippen LogP contribution in [0.4, 0.5) is 0 Å². The van der Waals surface area contributed by atoms with Gasteiger partial charge in [0.1, 0.15) is 6.10 Å². The highest BCUT2D eigenvalue weighted by Crippen LogP contribution is 2.67. The van der Waals surface area contributed by atoms with Gasteiger partial charge in [-0.15, -0.1) is 0 Å². The van der Waals surface area contributed by atoms with Crippen molar-refractivity contribution in [1.82, 2.24) is 0 Å². The number of carbonyl (C=O) groups excluding carboxylic acids is 1. The Balaban J connectivity index is 1.25. The molecule has 2 nitrogen and oxygen atoms in total. The number of benzene rings is 1. The molecule has 210 valence electrons. The summed E-state index contributed by atoms with van der Waals surface area (Å²) in [6.07, 6.45) is 16.5. The molecule has 0 N–H and O–H groups in total. The average Bonchev–Trinajstić information content (AvgIpc) is 3.23. The van der Waals surface area contributed by atoms with Gasteiger partial charge in [-0.3, -0.25) is 0 Å². The van der Waals surface area contributed by atoms with Crippen LogP contribution in [0.5, 0.6) is 0 Å². The minimum absolute atomic E-state index is 0.0516. The summed E-state index contributed by atoms with van der Waals surface area (Å²) in [6, 6.07) is 4.98. The van der Waals surface area contributed by atoms with E-state index in [4.69, 9.17) is 27.9 Å². The Morgan fingerprint density at radius 2 is 1.79 bits per heavy atom. The van der Waals surface area contributed by atoms with E-state index in [0.29, 0.717) is 21.0 Å². The predicted octanol–water partition coefficient (Wildman–Crippen LogP) is 10.6. The summed E-state index contributed by atoms with van der Waals surface area (Å²) in [6.45, 7) is 12.5. The summed E-state index contributed by atoms with van der Waals surface area (Å²) in [5, 5.41) is 0.845. The Labute approximate surface area is 241 Å². The highest BCUT2D eigenvalue weighted by Gasteiger charge is 2.59. The van der Waals surface area contributed by atoms with Gasteiger partial charge in [0.25, 0.3) is 0 Å². The Bertz CT molecular complexity index is 1060.